The Labute approximate surface area is 206 Å². The molecule has 0 aliphatic carbocycles. The van der Waals surface area contributed by atoms with Crippen molar-refractivity contribution in [2.75, 3.05) is 31.9 Å². The second-order valence-corrected chi connectivity index (χ2v) is 9.47. The lowest BCUT2D eigenvalue weighted by Crippen LogP contribution is -2.33. The molecule has 1 aliphatic heterocycles. The highest BCUT2D eigenvalue weighted by atomic mass is 32.2. The summed E-state index contributed by atoms with van der Waals surface area (Å²) in [5.74, 6) is 1.06. The summed E-state index contributed by atoms with van der Waals surface area (Å²) in [4.78, 5) is 14.5. The van der Waals surface area contributed by atoms with Crippen molar-refractivity contribution >= 4 is 17.7 Å². The standard InChI is InChI=1S/C25H28F3N5OS/c26-25(27,28)20-10-6-11-21(18-20)33-23(19-8-2-1-3-9-19)30-31-24(33)35-17-7-12-22(34)29-13-16-32-14-4-5-15-32/h1-3,6,8-11,18H,4-5,7,12-17H2,(H,29,34). The maximum Gasteiger partial charge on any atom is 0.416 e. The van der Waals surface area contributed by atoms with E-state index >= 15 is 0 Å². The third kappa shape index (κ3) is 6.85. The van der Waals surface area contributed by atoms with Gasteiger partial charge in [0.1, 0.15) is 0 Å². The molecule has 2 heterocycles. The average molecular weight is 504 g/mol. The Morgan fingerprint density at radius 3 is 2.54 bits per heavy atom. The molecule has 2 aromatic carbocycles. The van der Waals surface area contributed by atoms with Crippen LogP contribution in [0.4, 0.5) is 13.2 Å². The van der Waals surface area contributed by atoms with Gasteiger partial charge in [-0.15, -0.1) is 10.2 Å². The number of hydrogen-bond donors (Lipinski definition) is 1. The van der Waals surface area contributed by atoms with Crippen molar-refractivity contribution in [1.29, 1.82) is 0 Å². The number of amides is 1. The van der Waals surface area contributed by atoms with Crippen LogP contribution in [-0.4, -0.2) is 57.5 Å². The molecular weight excluding hydrogens is 475 g/mol. The zero-order chi connectivity index (χ0) is 24.7. The molecule has 10 heteroatoms. The van der Waals surface area contributed by atoms with E-state index in [0.29, 0.717) is 41.8 Å². The summed E-state index contributed by atoms with van der Waals surface area (Å²) in [5.41, 5.74) is 0.358. The van der Waals surface area contributed by atoms with Crippen molar-refractivity contribution in [3.8, 4) is 17.1 Å². The van der Waals surface area contributed by atoms with E-state index in [2.05, 4.69) is 20.4 Å². The monoisotopic (exact) mass is 503 g/mol. The zero-order valence-electron chi connectivity index (χ0n) is 19.3. The topological polar surface area (TPSA) is 63.1 Å². The summed E-state index contributed by atoms with van der Waals surface area (Å²) in [5, 5.41) is 12.0. The third-order valence-corrected chi connectivity index (χ3v) is 6.84. The SMILES string of the molecule is O=C(CCCSc1nnc(-c2ccccc2)n1-c1cccc(C(F)(F)F)c1)NCCN1CCCC1. The molecule has 1 aromatic heterocycles. The molecular formula is C25H28F3N5OS. The molecule has 0 spiro atoms. The van der Waals surface area contributed by atoms with Crippen LogP contribution in [0.3, 0.4) is 0 Å². The highest BCUT2D eigenvalue weighted by Gasteiger charge is 2.31. The predicted octanol–water partition coefficient (Wildman–Crippen LogP) is 5.04. The zero-order valence-corrected chi connectivity index (χ0v) is 20.1. The molecule has 1 aliphatic rings. The molecule has 3 aromatic rings. The van der Waals surface area contributed by atoms with Gasteiger partial charge in [0.25, 0.3) is 0 Å². The number of aromatic nitrogens is 3. The summed E-state index contributed by atoms with van der Waals surface area (Å²) in [7, 11) is 0. The molecule has 35 heavy (non-hydrogen) atoms. The fourth-order valence-electron chi connectivity index (χ4n) is 4.04. The fraction of sp³-hybridized carbons (Fsp3) is 0.400. The van der Waals surface area contributed by atoms with Crippen molar-refractivity contribution < 1.29 is 18.0 Å². The van der Waals surface area contributed by atoms with Crippen molar-refractivity contribution in [2.24, 2.45) is 0 Å². The van der Waals surface area contributed by atoms with Gasteiger partial charge in [0, 0.05) is 30.8 Å². The van der Waals surface area contributed by atoms with Gasteiger partial charge in [-0.2, -0.15) is 13.2 Å². The number of halogens is 3. The van der Waals surface area contributed by atoms with Gasteiger partial charge in [-0.3, -0.25) is 9.36 Å². The molecule has 1 fully saturated rings. The first-order chi connectivity index (χ1) is 16.9. The number of alkyl halides is 3. The van der Waals surface area contributed by atoms with Crippen molar-refractivity contribution in [3.05, 3.63) is 60.2 Å². The molecule has 0 saturated carbocycles. The predicted molar refractivity (Wildman–Crippen MR) is 130 cm³/mol. The molecule has 1 N–H and O–H groups in total. The normalized spacial score (nSPS) is 14.4. The number of likely N-dealkylation sites (tertiary alicyclic amines) is 1. The van der Waals surface area contributed by atoms with Gasteiger partial charge in [0.15, 0.2) is 11.0 Å². The van der Waals surface area contributed by atoms with E-state index in [0.717, 1.165) is 37.3 Å². The first kappa shape index (κ1) is 25.2. The van der Waals surface area contributed by atoms with Gasteiger partial charge < -0.3 is 10.2 Å². The Morgan fingerprint density at radius 2 is 1.80 bits per heavy atom. The number of hydrogen-bond acceptors (Lipinski definition) is 5. The maximum atomic E-state index is 13.3. The maximum absolute atomic E-state index is 13.3. The average Bonchev–Trinajstić information content (AvgIpc) is 3.52. The summed E-state index contributed by atoms with van der Waals surface area (Å²) in [6.45, 7) is 3.73. The van der Waals surface area contributed by atoms with Crippen molar-refractivity contribution in [1.82, 2.24) is 25.0 Å². The van der Waals surface area contributed by atoms with E-state index < -0.39 is 11.7 Å². The first-order valence-corrected chi connectivity index (χ1v) is 12.7. The molecule has 0 unspecified atom stereocenters. The second kappa shape index (κ2) is 11.7. The minimum atomic E-state index is -4.45. The molecule has 0 bridgehead atoms. The quantitative estimate of drug-likeness (QED) is 0.310. The van der Waals surface area contributed by atoms with E-state index in [1.165, 1.54) is 30.7 Å². The molecule has 0 radical (unpaired) electrons. The Balaban J connectivity index is 1.41. The Kier molecular flexibility index (Phi) is 8.46. The number of rotatable bonds is 10. The van der Waals surface area contributed by atoms with E-state index in [4.69, 9.17) is 0 Å². The Bertz CT molecular complexity index is 1110. The van der Waals surface area contributed by atoms with Crippen LogP contribution in [0.15, 0.2) is 59.8 Å². The number of carbonyl (C=O) groups excluding carboxylic acids is 1. The molecule has 1 amide bonds. The second-order valence-electron chi connectivity index (χ2n) is 8.41. The van der Waals surface area contributed by atoms with Crippen LogP contribution in [0, 0.1) is 0 Å². The van der Waals surface area contributed by atoms with E-state index in [-0.39, 0.29) is 5.91 Å². The third-order valence-electron chi connectivity index (χ3n) is 5.83. The minimum Gasteiger partial charge on any atom is -0.355 e. The summed E-state index contributed by atoms with van der Waals surface area (Å²) < 4.78 is 41.7. The van der Waals surface area contributed by atoms with Crippen LogP contribution in [0.1, 0.15) is 31.2 Å². The largest absolute Gasteiger partial charge is 0.416 e. The van der Waals surface area contributed by atoms with Gasteiger partial charge in [-0.25, -0.2) is 0 Å². The van der Waals surface area contributed by atoms with Crippen molar-refractivity contribution in [3.63, 3.8) is 0 Å². The number of nitrogens with one attached hydrogen (secondary N) is 1. The van der Waals surface area contributed by atoms with Crippen LogP contribution in [-0.2, 0) is 11.0 Å². The Morgan fingerprint density at radius 1 is 1.03 bits per heavy atom. The molecule has 186 valence electrons. The van der Waals surface area contributed by atoms with Gasteiger partial charge in [-0.05, 0) is 50.6 Å². The molecule has 4 rings (SSSR count). The van der Waals surface area contributed by atoms with Gasteiger partial charge in [0.2, 0.25) is 5.91 Å². The number of thioether (sulfide) groups is 1. The first-order valence-electron chi connectivity index (χ1n) is 11.7. The lowest BCUT2D eigenvalue weighted by molar-refractivity contribution is -0.137. The molecule has 6 nitrogen and oxygen atoms in total. The number of benzene rings is 2. The van der Waals surface area contributed by atoms with Crippen LogP contribution in [0.5, 0.6) is 0 Å². The van der Waals surface area contributed by atoms with Crippen LogP contribution < -0.4 is 5.32 Å². The van der Waals surface area contributed by atoms with E-state index in [9.17, 15) is 18.0 Å². The van der Waals surface area contributed by atoms with Crippen LogP contribution in [0.2, 0.25) is 0 Å². The van der Waals surface area contributed by atoms with E-state index in [1.807, 2.05) is 30.3 Å². The van der Waals surface area contributed by atoms with Gasteiger partial charge in [-0.1, -0.05) is 48.2 Å². The van der Waals surface area contributed by atoms with Crippen LogP contribution in [0.25, 0.3) is 17.1 Å². The number of carbonyl (C=O) groups is 1. The lowest BCUT2D eigenvalue weighted by atomic mass is 10.1. The summed E-state index contributed by atoms with van der Waals surface area (Å²) in [6.07, 6.45) is -0.997. The lowest BCUT2D eigenvalue weighted by Gasteiger charge is -2.14. The summed E-state index contributed by atoms with van der Waals surface area (Å²) in [6, 6.07) is 14.4. The highest BCUT2D eigenvalue weighted by Crippen LogP contribution is 2.33. The van der Waals surface area contributed by atoms with Gasteiger partial charge in [0.05, 0.1) is 11.3 Å². The molecule has 1 saturated heterocycles. The van der Waals surface area contributed by atoms with E-state index in [1.54, 1.807) is 10.6 Å². The minimum absolute atomic E-state index is 0.00844. The number of nitrogens with zero attached hydrogens (tertiary/aromatic N) is 4. The summed E-state index contributed by atoms with van der Waals surface area (Å²) >= 11 is 1.38. The highest BCUT2D eigenvalue weighted by molar-refractivity contribution is 7.99. The fourth-order valence-corrected chi connectivity index (χ4v) is 4.93. The van der Waals surface area contributed by atoms with Crippen LogP contribution >= 0.6 is 11.8 Å². The Hall–Kier alpha value is -2.85. The van der Waals surface area contributed by atoms with Gasteiger partial charge >= 0.3 is 6.18 Å². The molecule has 0 atom stereocenters. The smallest absolute Gasteiger partial charge is 0.355 e. The van der Waals surface area contributed by atoms with Crippen molar-refractivity contribution in [2.45, 2.75) is 37.0 Å².